The van der Waals surface area contributed by atoms with Gasteiger partial charge in [-0.3, -0.25) is 9.88 Å². The predicted molar refractivity (Wildman–Crippen MR) is 120 cm³/mol. The average Bonchev–Trinajstić information content (AvgIpc) is 3.41. The van der Waals surface area contributed by atoms with Crippen molar-refractivity contribution in [2.75, 3.05) is 13.2 Å². The maximum Gasteiger partial charge on any atom is 0.490 e. The fourth-order valence-electron chi connectivity index (χ4n) is 3.73. The lowest BCUT2D eigenvalue weighted by molar-refractivity contribution is -0.193. The number of carbonyl (C=O) groups is 2. The lowest BCUT2D eigenvalue weighted by Crippen LogP contribution is -2.41. The molecule has 2 N–H and O–H groups in total. The first-order chi connectivity index (χ1) is 17.7. The van der Waals surface area contributed by atoms with Gasteiger partial charge in [-0.1, -0.05) is 6.07 Å². The number of hydrogen-bond donors (Lipinski definition) is 2. The Kier molecular flexibility index (Phi) is 11.4. The van der Waals surface area contributed by atoms with Crippen molar-refractivity contribution < 1.29 is 55.6 Å². The highest BCUT2D eigenvalue weighted by Gasteiger charge is 2.44. The summed E-state index contributed by atoms with van der Waals surface area (Å²) in [4.78, 5) is 29.0. The summed E-state index contributed by atoms with van der Waals surface area (Å²) in [6.07, 6.45) is -3.79. The Morgan fingerprint density at radius 3 is 2.32 bits per heavy atom. The zero-order valence-electron chi connectivity index (χ0n) is 19.9. The number of rotatable bonds is 5. The Labute approximate surface area is 217 Å². The Hall–Kier alpha value is -2.82. The average molecular weight is 574 g/mol. The first-order valence-corrected chi connectivity index (χ1v) is 11.9. The molecule has 2 aromatic rings. The maximum absolute atomic E-state index is 10.6. The van der Waals surface area contributed by atoms with Crippen molar-refractivity contribution in [1.29, 1.82) is 0 Å². The van der Waals surface area contributed by atoms with Crippen molar-refractivity contribution in [1.82, 2.24) is 14.9 Å². The van der Waals surface area contributed by atoms with Crippen molar-refractivity contribution in [2.45, 2.75) is 63.5 Å². The van der Waals surface area contributed by atoms with Crippen LogP contribution in [0.5, 0.6) is 0 Å². The van der Waals surface area contributed by atoms with Crippen LogP contribution in [-0.4, -0.2) is 80.8 Å². The van der Waals surface area contributed by atoms with E-state index in [0.29, 0.717) is 12.6 Å². The molecule has 2 aliphatic rings. The molecule has 0 aliphatic carbocycles. The summed E-state index contributed by atoms with van der Waals surface area (Å²) in [6.45, 7) is 5.26. The van der Waals surface area contributed by atoms with Gasteiger partial charge in [-0.05, 0) is 31.4 Å². The van der Waals surface area contributed by atoms with E-state index in [1.807, 2.05) is 25.4 Å². The number of aryl methyl sites for hydroxylation is 1. The van der Waals surface area contributed by atoms with Gasteiger partial charge in [0.1, 0.15) is 6.10 Å². The highest BCUT2D eigenvalue weighted by molar-refractivity contribution is 7.09. The van der Waals surface area contributed by atoms with Gasteiger partial charge in [-0.25, -0.2) is 14.6 Å². The molecule has 38 heavy (non-hydrogen) atoms. The van der Waals surface area contributed by atoms with Gasteiger partial charge in [0, 0.05) is 43.5 Å². The minimum atomic E-state index is -5.08. The van der Waals surface area contributed by atoms with Gasteiger partial charge in [-0.15, -0.1) is 11.3 Å². The Balaban J connectivity index is 0.000000301. The number of fused-ring (bicyclic) bond motifs is 1. The van der Waals surface area contributed by atoms with Crippen LogP contribution in [0.3, 0.4) is 0 Å². The molecule has 212 valence electrons. The van der Waals surface area contributed by atoms with E-state index < -0.39 is 24.3 Å². The monoisotopic (exact) mass is 573 g/mol. The number of hydrogen-bond acceptors (Lipinski definition) is 8. The third-order valence-corrected chi connectivity index (χ3v) is 6.11. The van der Waals surface area contributed by atoms with Crippen LogP contribution >= 0.6 is 11.3 Å². The molecular weight excluding hydrogens is 548 g/mol. The van der Waals surface area contributed by atoms with E-state index in [0.717, 1.165) is 36.8 Å². The van der Waals surface area contributed by atoms with E-state index in [4.69, 9.17) is 29.3 Å². The third-order valence-electron chi connectivity index (χ3n) is 5.29. The van der Waals surface area contributed by atoms with Crippen LogP contribution in [0.1, 0.15) is 29.1 Å². The number of carboxylic acid groups (broad SMARTS) is 2. The van der Waals surface area contributed by atoms with Gasteiger partial charge in [0.05, 0.1) is 23.4 Å². The molecule has 0 unspecified atom stereocenters. The molecule has 2 aromatic heterocycles. The van der Waals surface area contributed by atoms with E-state index in [-0.39, 0.29) is 12.2 Å². The number of nitrogens with zero attached hydrogens (tertiary/aromatic N) is 3. The van der Waals surface area contributed by atoms with Crippen molar-refractivity contribution in [3.63, 3.8) is 0 Å². The molecule has 4 rings (SSSR count). The lowest BCUT2D eigenvalue weighted by atomic mass is 10.0. The summed E-state index contributed by atoms with van der Waals surface area (Å²) in [5.74, 6) is -5.51. The number of likely N-dealkylation sites (tertiary alicyclic amines) is 1. The molecule has 0 bridgehead atoms. The lowest BCUT2D eigenvalue weighted by Gasteiger charge is -2.32. The fourth-order valence-corrected chi connectivity index (χ4v) is 4.32. The Morgan fingerprint density at radius 2 is 1.82 bits per heavy atom. The first kappa shape index (κ1) is 31.4. The molecule has 16 heteroatoms. The first-order valence-electron chi connectivity index (χ1n) is 11.1. The summed E-state index contributed by atoms with van der Waals surface area (Å²) < 4.78 is 75.7. The van der Waals surface area contributed by atoms with Crippen molar-refractivity contribution in [3.8, 4) is 0 Å². The second-order valence-corrected chi connectivity index (χ2v) is 9.21. The number of carboxylic acids is 2. The van der Waals surface area contributed by atoms with Crippen LogP contribution in [0, 0.1) is 6.92 Å². The molecule has 0 radical (unpaired) electrons. The van der Waals surface area contributed by atoms with E-state index in [1.165, 1.54) is 12.0 Å². The van der Waals surface area contributed by atoms with E-state index in [1.54, 1.807) is 11.3 Å². The van der Waals surface area contributed by atoms with Crippen LogP contribution in [0.2, 0.25) is 0 Å². The molecule has 2 aliphatic heterocycles. The zero-order valence-corrected chi connectivity index (χ0v) is 20.7. The summed E-state index contributed by atoms with van der Waals surface area (Å²) in [7, 11) is 0. The molecular formula is C22H25F6N3O6S. The summed E-state index contributed by atoms with van der Waals surface area (Å²) in [6, 6.07) is 4.58. The highest BCUT2D eigenvalue weighted by atomic mass is 32.1. The SMILES string of the molecule is Cc1nc(CO[C@@H]2CN(Cc3cccnc3)[C@@H]3CCCO[C@@H]32)cs1.O=C(O)C(F)(F)F.O=C(O)C(F)(F)F. The van der Waals surface area contributed by atoms with Gasteiger partial charge in [0.2, 0.25) is 0 Å². The minimum absolute atomic E-state index is 0.119. The third kappa shape index (κ3) is 10.2. The molecule has 0 saturated carbocycles. The fraction of sp³-hybridized carbons (Fsp3) is 0.545. The second-order valence-electron chi connectivity index (χ2n) is 8.15. The summed E-state index contributed by atoms with van der Waals surface area (Å²) >= 11 is 1.67. The topological polar surface area (TPSA) is 122 Å². The van der Waals surface area contributed by atoms with Crippen LogP contribution in [0.25, 0.3) is 0 Å². The van der Waals surface area contributed by atoms with Gasteiger partial charge < -0.3 is 19.7 Å². The minimum Gasteiger partial charge on any atom is -0.475 e. The van der Waals surface area contributed by atoms with Crippen molar-refractivity contribution in [3.05, 3.63) is 46.2 Å². The number of alkyl halides is 6. The van der Waals surface area contributed by atoms with Crippen LogP contribution < -0.4 is 0 Å². The van der Waals surface area contributed by atoms with E-state index in [9.17, 15) is 26.3 Å². The number of aliphatic carboxylic acids is 2. The van der Waals surface area contributed by atoms with Crippen molar-refractivity contribution >= 4 is 23.3 Å². The van der Waals surface area contributed by atoms with Crippen molar-refractivity contribution in [2.24, 2.45) is 0 Å². The van der Waals surface area contributed by atoms with Gasteiger partial charge >= 0.3 is 24.3 Å². The second kappa shape index (κ2) is 13.8. The normalized spacial score (nSPS) is 21.4. The standard InChI is InChI=1S/C18H23N3O2S.2C2HF3O2/c1-13-20-15(12-24-13)11-23-17-10-21(9-14-4-2-6-19-8-14)16-5-3-7-22-18(16)17;2*3-2(4,5)1(6)7/h2,4,6,8,12,16-18H,3,5,7,9-11H2,1H3;2*(H,6,7)/t16-,17-,18+;;/m1../s1. The van der Waals surface area contributed by atoms with Gasteiger partial charge in [0.25, 0.3) is 0 Å². The molecule has 2 saturated heterocycles. The van der Waals surface area contributed by atoms with E-state index in [2.05, 4.69) is 26.3 Å². The maximum atomic E-state index is 10.6. The van der Waals surface area contributed by atoms with Gasteiger partial charge in [0.15, 0.2) is 0 Å². The van der Waals surface area contributed by atoms with Crippen LogP contribution in [-0.2, 0) is 32.2 Å². The number of pyridine rings is 1. The summed E-state index contributed by atoms with van der Waals surface area (Å²) in [5.41, 5.74) is 2.27. The molecule has 9 nitrogen and oxygen atoms in total. The zero-order chi connectivity index (χ0) is 28.5. The smallest absolute Gasteiger partial charge is 0.475 e. The largest absolute Gasteiger partial charge is 0.490 e. The molecule has 2 fully saturated rings. The predicted octanol–water partition coefficient (Wildman–Crippen LogP) is 4.06. The number of thiazole rings is 1. The molecule has 0 spiro atoms. The number of aromatic nitrogens is 2. The summed E-state index contributed by atoms with van der Waals surface area (Å²) in [5, 5.41) is 17.4. The van der Waals surface area contributed by atoms with E-state index >= 15 is 0 Å². The van der Waals surface area contributed by atoms with Gasteiger partial charge in [-0.2, -0.15) is 26.3 Å². The van der Waals surface area contributed by atoms with Crippen LogP contribution in [0.4, 0.5) is 26.3 Å². The Bertz CT molecular complexity index is 1010. The Morgan fingerprint density at radius 1 is 1.18 bits per heavy atom. The molecule has 0 aromatic carbocycles. The number of ether oxygens (including phenoxy) is 2. The molecule has 0 amide bonds. The molecule has 3 atom stereocenters. The quantitative estimate of drug-likeness (QED) is 0.510. The number of halogens is 6. The van der Waals surface area contributed by atoms with Crippen LogP contribution in [0.15, 0.2) is 29.9 Å². The highest BCUT2D eigenvalue weighted by Crippen LogP contribution is 2.32. The molecule has 4 heterocycles.